The van der Waals surface area contributed by atoms with E-state index in [1.165, 1.54) is 0 Å². The van der Waals surface area contributed by atoms with Crippen molar-refractivity contribution in [1.29, 1.82) is 0 Å². The fourth-order valence-electron chi connectivity index (χ4n) is 1.24. The van der Waals surface area contributed by atoms with Crippen molar-refractivity contribution in [3.63, 3.8) is 0 Å². The highest BCUT2D eigenvalue weighted by atomic mass is 16.5. The standard InChI is InChI=1S/C13H18O3/c1-3-10(2)8-16-9-11-4-6-12(7-5-11)13(14)15/h4-7,10H,3,8-9H2,1-2H3,(H,14,15)/t10-/m0/s1. The summed E-state index contributed by atoms with van der Waals surface area (Å²) in [7, 11) is 0. The smallest absolute Gasteiger partial charge is 0.335 e. The molecule has 16 heavy (non-hydrogen) atoms. The van der Waals surface area contributed by atoms with Crippen LogP contribution in [-0.4, -0.2) is 17.7 Å². The number of carboxylic acid groups (broad SMARTS) is 1. The second kappa shape index (κ2) is 6.28. The van der Waals surface area contributed by atoms with E-state index in [-0.39, 0.29) is 0 Å². The van der Waals surface area contributed by atoms with Crippen molar-refractivity contribution in [1.82, 2.24) is 0 Å². The van der Waals surface area contributed by atoms with E-state index in [0.29, 0.717) is 18.1 Å². The summed E-state index contributed by atoms with van der Waals surface area (Å²) in [5.74, 6) is -0.328. The zero-order valence-electron chi connectivity index (χ0n) is 9.77. The number of benzene rings is 1. The molecule has 1 aromatic carbocycles. The second-order valence-corrected chi connectivity index (χ2v) is 4.03. The third-order valence-electron chi connectivity index (χ3n) is 2.57. The van der Waals surface area contributed by atoms with Crippen molar-refractivity contribution in [2.24, 2.45) is 5.92 Å². The van der Waals surface area contributed by atoms with Crippen LogP contribution < -0.4 is 0 Å². The lowest BCUT2D eigenvalue weighted by atomic mass is 10.1. The Morgan fingerprint density at radius 3 is 2.50 bits per heavy atom. The average molecular weight is 222 g/mol. The lowest BCUT2D eigenvalue weighted by Gasteiger charge is -2.09. The first-order chi connectivity index (χ1) is 7.63. The van der Waals surface area contributed by atoms with E-state index in [1.807, 2.05) is 0 Å². The molecule has 0 saturated heterocycles. The van der Waals surface area contributed by atoms with E-state index >= 15 is 0 Å². The Labute approximate surface area is 96.1 Å². The van der Waals surface area contributed by atoms with Gasteiger partial charge in [0, 0.05) is 6.61 Å². The molecule has 0 amide bonds. The highest BCUT2D eigenvalue weighted by Gasteiger charge is 2.02. The van der Waals surface area contributed by atoms with Crippen LogP contribution in [0, 0.1) is 5.92 Å². The molecular weight excluding hydrogens is 204 g/mol. The molecule has 0 bridgehead atoms. The number of carbonyl (C=O) groups is 1. The molecule has 0 radical (unpaired) electrons. The first-order valence-corrected chi connectivity index (χ1v) is 5.53. The third-order valence-corrected chi connectivity index (χ3v) is 2.57. The first kappa shape index (κ1) is 12.7. The van der Waals surface area contributed by atoms with Gasteiger partial charge in [0.2, 0.25) is 0 Å². The van der Waals surface area contributed by atoms with Crippen molar-refractivity contribution >= 4 is 5.97 Å². The summed E-state index contributed by atoms with van der Waals surface area (Å²) in [6.45, 7) is 5.57. The van der Waals surface area contributed by atoms with Gasteiger partial charge in [-0.2, -0.15) is 0 Å². The Hall–Kier alpha value is -1.35. The van der Waals surface area contributed by atoms with Crippen molar-refractivity contribution < 1.29 is 14.6 Å². The van der Waals surface area contributed by atoms with Crippen molar-refractivity contribution in [2.45, 2.75) is 26.9 Å². The van der Waals surface area contributed by atoms with E-state index in [0.717, 1.165) is 18.6 Å². The molecule has 0 heterocycles. The Bertz CT molecular complexity index is 330. The van der Waals surface area contributed by atoms with Crippen molar-refractivity contribution in [3.05, 3.63) is 35.4 Å². The van der Waals surface area contributed by atoms with Crippen LogP contribution in [0.3, 0.4) is 0 Å². The van der Waals surface area contributed by atoms with Gasteiger partial charge in [0.15, 0.2) is 0 Å². The molecule has 1 rings (SSSR count). The molecule has 1 N–H and O–H groups in total. The quantitative estimate of drug-likeness (QED) is 0.805. The van der Waals surface area contributed by atoms with Gasteiger partial charge in [-0.15, -0.1) is 0 Å². The SMILES string of the molecule is CC[C@H](C)COCc1ccc(C(=O)O)cc1. The maximum Gasteiger partial charge on any atom is 0.335 e. The van der Waals surface area contributed by atoms with E-state index in [9.17, 15) is 4.79 Å². The second-order valence-electron chi connectivity index (χ2n) is 4.03. The third kappa shape index (κ3) is 4.03. The number of hydrogen-bond acceptors (Lipinski definition) is 2. The van der Waals surface area contributed by atoms with Crippen LogP contribution in [0.2, 0.25) is 0 Å². The number of hydrogen-bond donors (Lipinski definition) is 1. The molecule has 0 aromatic heterocycles. The maximum atomic E-state index is 10.6. The van der Waals surface area contributed by atoms with Crippen LogP contribution in [0.25, 0.3) is 0 Å². The van der Waals surface area contributed by atoms with E-state index in [4.69, 9.17) is 9.84 Å². The molecule has 88 valence electrons. The number of carboxylic acids is 1. The summed E-state index contributed by atoms with van der Waals surface area (Å²) in [6.07, 6.45) is 1.11. The molecule has 0 aliphatic carbocycles. The van der Waals surface area contributed by atoms with Crippen molar-refractivity contribution in [2.75, 3.05) is 6.61 Å². The summed E-state index contributed by atoms with van der Waals surface area (Å²) in [5, 5.41) is 8.73. The van der Waals surface area contributed by atoms with Gasteiger partial charge in [0.25, 0.3) is 0 Å². The molecule has 1 aromatic rings. The maximum absolute atomic E-state index is 10.6. The van der Waals surface area contributed by atoms with Gasteiger partial charge in [-0.1, -0.05) is 32.4 Å². The minimum absolute atomic E-state index is 0.311. The van der Waals surface area contributed by atoms with Gasteiger partial charge in [0.1, 0.15) is 0 Å². The molecule has 0 unspecified atom stereocenters. The van der Waals surface area contributed by atoms with Gasteiger partial charge >= 0.3 is 5.97 Å². The van der Waals surface area contributed by atoms with Crippen LogP contribution in [0.4, 0.5) is 0 Å². The van der Waals surface area contributed by atoms with Crippen LogP contribution in [0.15, 0.2) is 24.3 Å². The molecule has 0 fully saturated rings. The highest BCUT2D eigenvalue weighted by molar-refractivity contribution is 5.87. The van der Waals surface area contributed by atoms with E-state index in [1.54, 1.807) is 24.3 Å². The Balaban J connectivity index is 2.40. The number of ether oxygens (including phenoxy) is 1. The Kier molecular flexibility index (Phi) is 4.99. The fourth-order valence-corrected chi connectivity index (χ4v) is 1.24. The van der Waals surface area contributed by atoms with E-state index < -0.39 is 5.97 Å². The van der Waals surface area contributed by atoms with Crippen molar-refractivity contribution in [3.8, 4) is 0 Å². The lowest BCUT2D eigenvalue weighted by molar-refractivity contribution is 0.0696. The van der Waals surface area contributed by atoms with Gasteiger partial charge in [-0.3, -0.25) is 0 Å². The molecule has 3 nitrogen and oxygen atoms in total. The largest absolute Gasteiger partial charge is 0.478 e. The molecule has 1 atom stereocenters. The molecule has 0 spiro atoms. The number of rotatable bonds is 6. The van der Waals surface area contributed by atoms with Crippen LogP contribution in [0.5, 0.6) is 0 Å². The summed E-state index contributed by atoms with van der Waals surface area (Å²) in [5.41, 5.74) is 1.32. The molecule has 0 saturated carbocycles. The number of aromatic carboxylic acids is 1. The Morgan fingerprint density at radius 2 is 2.00 bits per heavy atom. The zero-order chi connectivity index (χ0) is 12.0. The van der Waals surface area contributed by atoms with Gasteiger partial charge < -0.3 is 9.84 Å². The predicted octanol–water partition coefficient (Wildman–Crippen LogP) is 2.95. The Morgan fingerprint density at radius 1 is 1.38 bits per heavy atom. The first-order valence-electron chi connectivity index (χ1n) is 5.53. The molecule has 0 aliphatic rings. The minimum atomic E-state index is -0.896. The van der Waals surface area contributed by atoms with Crippen LogP contribution >= 0.6 is 0 Å². The van der Waals surface area contributed by atoms with Crippen LogP contribution in [-0.2, 0) is 11.3 Å². The van der Waals surface area contributed by atoms with Crippen LogP contribution in [0.1, 0.15) is 36.2 Å². The normalized spacial score (nSPS) is 12.4. The molecule has 0 aliphatic heterocycles. The zero-order valence-corrected chi connectivity index (χ0v) is 9.77. The minimum Gasteiger partial charge on any atom is -0.478 e. The van der Waals surface area contributed by atoms with E-state index in [2.05, 4.69) is 13.8 Å². The van der Waals surface area contributed by atoms with Gasteiger partial charge in [-0.05, 0) is 23.6 Å². The summed E-state index contributed by atoms with van der Waals surface area (Å²) in [6, 6.07) is 6.79. The summed E-state index contributed by atoms with van der Waals surface area (Å²) in [4.78, 5) is 10.6. The molecule has 3 heteroatoms. The summed E-state index contributed by atoms with van der Waals surface area (Å²) < 4.78 is 5.53. The highest BCUT2D eigenvalue weighted by Crippen LogP contribution is 2.07. The topological polar surface area (TPSA) is 46.5 Å². The monoisotopic (exact) mass is 222 g/mol. The lowest BCUT2D eigenvalue weighted by Crippen LogP contribution is -2.04. The van der Waals surface area contributed by atoms with Gasteiger partial charge in [0.05, 0.1) is 12.2 Å². The fraction of sp³-hybridized carbons (Fsp3) is 0.462. The predicted molar refractivity (Wildman–Crippen MR) is 62.5 cm³/mol. The average Bonchev–Trinajstić information content (AvgIpc) is 2.29. The molecular formula is C13H18O3. The summed E-state index contributed by atoms with van der Waals surface area (Å²) >= 11 is 0. The van der Waals surface area contributed by atoms with Gasteiger partial charge in [-0.25, -0.2) is 4.79 Å².